The van der Waals surface area contributed by atoms with Gasteiger partial charge in [0.1, 0.15) is 0 Å². The van der Waals surface area contributed by atoms with Crippen molar-refractivity contribution in [1.82, 2.24) is 10.2 Å². The molecule has 1 fully saturated rings. The van der Waals surface area contributed by atoms with Gasteiger partial charge in [-0.25, -0.2) is 0 Å². The van der Waals surface area contributed by atoms with Crippen molar-refractivity contribution in [2.45, 2.75) is 70.5 Å². The molecule has 0 radical (unpaired) electrons. The summed E-state index contributed by atoms with van der Waals surface area (Å²) in [4.78, 5) is 2.59. The van der Waals surface area contributed by atoms with Gasteiger partial charge in [0, 0.05) is 17.6 Å². The van der Waals surface area contributed by atoms with E-state index in [-0.39, 0.29) is 0 Å². The molecule has 0 spiro atoms. The summed E-state index contributed by atoms with van der Waals surface area (Å²) in [6.45, 7) is 7.00. The van der Waals surface area contributed by atoms with Gasteiger partial charge >= 0.3 is 0 Å². The molecule has 1 saturated carbocycles. The normalized spacial score (nSPS) is 28.4. The number of nitrogens with one attached hydrogen (secondary N) is 1. The van der Waals surface area contributed by atoms with E-state index in [0.717, 1.165) is 12.1 Å². The quantitative estimate of drug-likeness (QED) is 0.770. The summed E-state index contributed by atoms with van der Waals surface area (Å²) < 4.78 is 0. The van der Waals surface area contributed by atoms with Crippen molar-refractivity contribution in [1.29, 1.82) is 0 Å². The molecule has 1 N–H and O–H groups in total. The third-order valence-corrected chi connectivity index (χ3v) is 4.42. The number of hydrogen-bond acceptors (Lipinski definition) is 2. The maximum Gasteiger partial charge on any atom is 0.0150 e. The number of hydrogen-bond donors (Lipinski definition) is 1. The van der Waals surface area contributed by atoms with E-state index in [0.29, 0.717) is 5.54 Å². The zero-order valence-electron chi connectivity index (χ0n) is 11.1. The van der Waals surface area contributed by atoms with Crippen LogP contribution in [-0.2, 0) is 0 Å². The fourth-order valence-electron chi connectivity index (χ4n) is 2.52. The summed E-state index contributed by atoms with van der Waals surface area (Å²) in [5, 5.41) is 3.43. The van der Waals surface area contributed by atoms with E-state index < -0.39 is 0 Å². The molecule has 0 heterocycles. The maximum atomic E-state index is 3.43. The largest absolute Gasteiger partial charge is 0.317 e. The second-order valence-corrected chi connectivity index (χ2v) is 5.58. The average molecular weight is 212 g/mol. The Morgan fingerprint density at radius 2 is 2.00 bits per heavy atom. The molecule has 1 rings (SSSR count). The molecule has 2 atom stereocenters. The molecule has 1 aliphatic carbocycles. The van der Waals surface area contributed by atoms with Gasteiger partial charge in [0.15, 0.2) is 0 Å². The monoisotopic (exact) mass is 212 g/mol. The number of rotatable bonds is 4. The Labute approximate surface area is 95.4 Å². The van der Waals surface area contributed by atoms with Crippen molar-refractivity contribution < 1.29 is 0 Å². The van der Waals surface area contributed by atoms with Crippen LogP contribution in [0.25, 0.3) is 0 Å². The molecule has 0 aromatic rings. The van der Waals surface area contributed by atoms with Gasteiger partial charge in [0.25, 0.3) is 0 Å². The summed E-state index contributed by atoms with van der Waals surface area (Å²) in [5.74, 6) is 0. The topological polar surface area (TPSA) is 15.3 Å². The van der Waals surface area contributed by atoms with Crippen molar-refractivity contribution in [3.63, 3.8) is 0 Å². The lowest BCUT2D eigenvalue weighted by molar-refractivity contribution is 0.0673. The first-order valence-electron chi connectivity index (χ1n) is 6.41. The molecule has 1 aliphatic rings. The van der Waals surface area contributed by atoms with Crippen LogP contribution < -0.4 is 5.32 Å². The van der Waals surface area contributed by atoms with Gasteiger partial charge in [-0.05, 0) is 53.6 Å². The lowest BCUT2D eigenvalue weighted by Gasteiger charge is -2.44. The van der Waals surface area contributed by atoms with Crippen LogP contribution in [0.2, 0.25) is 0 Å². The molecule has 15 heavy (non-hydrogen) atoms. The Morgan fingerprint density at radius 3 is 2.53 bits per heavy atom. The maximum absolute atomic E-state index is 3.43. The van der Waals surface area contributed by atoms with Crippen LogP contribution in [0.1, 0.15) is 52.9 Å². The van der Waals surface area contributed by atoms with E-state index in [9.17, 15) is 0 Å². The van der Waals surface area contributed by atoms with Gasteiger partial charge in [0.2, 0.25) is 0 Å². The first kappa shape index (κ1) is 13.0. The molecule has 0 aromatic carbocycles. The lowest BCUT2D eigenvalue weighted by atomic mass is 9.87. The van der Waals surface area contributed by atoms with Crippen molar-refractivity contribution in [2.75, 3.05) is 14.1 Å². The molecule has 0 bridgehead atoms. The molecule has 0 aliphatic heterocycles. The summed E-state index contributed by atoms with van der Waals surface area (Å²) in [7, 11) is 4.39. The Morgan fingerprint density at radius 1 is 1.33 bits per heavy atom. The van der Waals surface area contributed by atoms with Crippen molar-refractivity contribution in [2.24, 2.45) is 0 Å². The lowest BCUT2D eigenvalue weighted by Crippen LogP contribution is -2.50. The fourth-order valence-corrected chi connectivity index (χ4v) is 2.52. The van der Waals surface area contributed by atoms with Gasteiger partial charge < -0.3 is 5.32 Å². The molecule has 90 valence electrons. The van der Waals surface area contributed by atoms with E-state index in [1.807, 2.05) is 0 Å². The van der Waals surface area contributed by atoms with E-state index in [1.54, 1.807) is 0 Å². The van der Waals surface area contributed by atoms with Gasteiger partial charge in [0.05, 0.1) is 0 Å². The van der Waals surface area contributed by atoms with E-state index >= 15 is 0 Å². The third kappa shape index (κ3) is 3.18. The standard InChI is InChI=1S/C13H28N2/c1-6-13(2,3)15(5)12-9-7-8-11(10-12)14-4/h11-12,14H,6-10H2,1-5H3. The molecule has 2 heteroatoms. The highest BCUT2D eigenvalue weighted by Gasteiger charge is 2.31. The molecular weight excluding hydrogens is 184 g/mol. The van der Waals surface area contributed by atoms with Gasteiger partial charge in [-0.1, -0.05) is 13.3 Å². The minimum Gasteiger partial charge on any atom is -0.317 e. The molecule has 0 amide bonds. The van der Waals surface area contributed by atoms with Crippen molar-refractivity contribution >= 4 is 0 Å². The summed E-state index contributed by atoms with van der Waals surface area (Å²) >= 11 is 0. The zero-order valence-corrected chi connectivity index (χ0v) is 11.1. The Bertz CT molecular complexity index is 189. The molecule has 2 unspecified atom stereocenters. The van der Waals surface area contributed by atoms with Crippen LogP contribution in [-0.4, -0.2) is 36.6 Å². The molecule has 0 saturated heterocycles. The molecular formula is C13H28N2. The first-order valence-corrected chi connectivity index (χ1v) is 6.41. The third-order valence-electron chi connectivity index (χ3n) is 4.42. The van der Waals surface area contributed by atoms with Crippen LogP contribution >= 0.6 is 0 Å². The van der Waals surface area contributed by atoms with Crippen LogP contribution in [0, 0.1) is 0 Å². The Hall–Kier alpha value is -0.0800. The van der Waals surface area contributed by atoms with E-state index in [1.165, 1.54) is 32.1 Å². The van der Waals surface area contributed by atoms with Crippen LogP contribution in [0.5, 0.6) is 0 Å². The summed E-state index contributed by atoms with van der Waals surface area (Å²) in [6, 6.07) is 1.50. The fraction of sp³-hybridized carbons (Fsp3) is 1.00. The highest BCUT2D eigenvalue weighted by molar-refractivity contribution is 4.88. The second kappa shape index (κ2) is 5.31. The minimum atomic E-state index is 0.348. The molecule has 2 nitrogen and oxygen atoms in total. The minimum absolute atomic E-state index is 0.348. The van der Waals surface area contributed by atoms with Gasteiger partial charge in [-0.15, -0.1) is 0 Å². The SMILES string of the molecule is CCC(C)(C)N(C)C1CCCC(NC)C1. The highest BCUT2D eigenvalue weighted by atomic mass is 15.2. The average Bonchev–Trinajstić information content (AvgIpc) is 2.28. The van der Waals surface area contributed by atoms with E-state index in [4.69, 9.17) is 0 Å². The van der Waals surface area contributed by atoms with Gasteiger partial charge in [-0.2, -0.15) is 0 Å². The van der Waals surface area contributed by atoms with Crippen molar-refractivity contribution in [3.8, 4) is 0 Å². The van der Waals surface area contributed by atoms with Crippen molar-refractivity contribution in [3.05, 3.63) is 0 Å². The molecule has 0 aromatic heterocycles. The highest BCUT2D eigenvalue weighted by Crippen LogP contribution is 2.28. The second-order valence-electron chi connectivity index (χ2n) is 5.58. The Kier molecular flexibility index (Phi) is 4.60. The first-order chi connectivity index (χ1) is 7.01. The summed E-state index contributed by atoms with van der Waals surface area (Å²) in [5.41, 5.74) is 0.348. The zero-order chi connectivity index (χ0) is 11.5. The Balaban J connectivity index is 2.55. The predicted molar refractivity (Wildman–Crippen MR) is 67.2 cm³/mol. The smallest absolute Gasteiger partial charge is 0.0150 e. The number of nitrogens with zero attached hydrogens (tertiary/aromatic N) is 1. The van der Waals surface area contributed by atoms with Crippen LogP contribution in [0.3, 0.4) is 0 Å². The van der Waals surface area contributed by atoms with E-state index in [2.05, 4.69) is 45.1 Å². The van der Waals surface area contributed by atoms with Gasteiger partial charge in [-0.3, -0.25) is 4.90 Å². The predicted octanol–water partition coefficient (Wildman–Crippen LogP) is 2.64. The van der Waals surface area contributed by atoms with Crippen LogP contribution in [0.15, 0.2) is 0 Å². The summed E-state index contributed by atoms with van der Waals surface area (Å²) in [6.07, 6.45) is 6.65. The van der Waals surface area contributed by atoms with Crippen LogP contribution in [0.4, 0.5) is 0 Å².